The van der Waals surface area contributed by atoms with Crippen LogP contribution in [0.4, 0.5) is 0 Å². The molecule has 0 unspecified atom stereocenters. The number of carbonyl (C=O) groups is 1. The number of piperidine rings is 1. The quantitative estimate of drug-likeness (QED) is 0.926. The first-order chi connectivity index (χ1) is 11.5. The Kier molecular flexibility index (Phi) is 5.21. The van der Waals surface area contributed by atoms with Gasteiger partial charge in [-0.15, -0.1) is 0 Å². The van der Waals surface area contributed by atoms with Crippen LogP contribution in [0.2, 0.25) is 5.02 Å². The molecule has 2 aromatic rings. The van der Waals surface area contributed by atoms with Gasteiger partial charge in [0.25, 0.3) is 5.91 Å². The molecule has 0 saturated carbocycles. The number of rotatable bonds is 4. The third-order valence-electron chi connectivity index (χ3n) is 4.59. The molecule has 5 nitrogen and oxygen atoms in total. The molecule has 1 aliphatic heterocycles. The van der Waals surface area contributed by atoms with E-state index < -0.39 is 0 Å². The zero-order valence-corrected chi connectivity index (χ0v) is 14.9. The maximum atomic E-state index is 12.2. The molecule has 0 atom stereocenters. The third kappa shape index (κ3) is 3.79. The second-order valence-electron chi connectivity index (χ2n) is 6.36. The highest BCUT2D eigenvalue weighted by Gasteiger charge is 2.23. The summed E-state index contributed by atoms with van der Waals surface area (Å²) >= 11 is 6.33. The fraction of sp³-hybridized carbons (Fsp3) is 0.444. The molecule has 2 heterocycles. The average Bonchev–Trinajstić information content (AvgIpc) is 2.83. The lowest BCUT2D eigenvalue weighted by Gasteiger charge is -2.32. The number of aryl methyl sites for hydroxylation is 2. The van der Waals surface area contributed by atoms with Crippen molar-refractivity contribution in [3.63, 3.8) is 0 Å². The number of nitrogens with zero attached hydrogens (tertiary/aromatic N) is 3. The Morgan fingerprint density at radius 2 is 1.96 bits per heavy atom. The van der Waals surface area contributed by atoms with E-state index in [0.717, 1.165) is 54.4 Å². The number of carbonyl (C=O) groups excluding carboxylic acids is 1. The molecule has 0 bridgehead atoms. The summed E-state index contributed by atoms with van der Waals surface area (Å²) in [4.78, 5) is 14.6. The van der Waals surface area contributed by atoms with Gasteiger partial charge in [0, 0.05) is 38.3 Å². The van der Waals surface area contributed by atoms with Crippen LogP contribution in [0.25, 0.3) is 0 Å². The lowest BCUT2D eigenvalue weighted by molar-refractivity contribution is 0.0908. The minimum atomic E-state index is 0.0133. The largest absolute Gasteiger partial charge is 0.349 e. The predicted octanol–water partition coefficient (Wildman–Crippen LogP) is 2.78. The van der Waals surface area contributed by atoms with Gasteiger partial charge in [-0.1, -0.05) is 29.8 Å². The summed E-state index contributed by atoms with van der Waals surface area (Å²) in [5.74, 6) is 0.0133. The van der Waals surface area contributed by atoms with E-state index >= 15 is 0 Å². The van der Waals surface area contributed by atoms with Crippen LogP contribution in [-0.2, 0) is 13.6 Å². The molecular formula is C18H23ClN4O. The molecule has 1 aliphatic rings. The van der Waals surface area contributed by atoms with Crippen LogP contribution in [-0.4, -0.2) is 39.7 Å². The van der Waals surface area contributed by atoms with Gasteiger partial charge in [-0.25, -0.2) is 0 Å². The Morgan fingerprint density at radius 1 is 1.29 bits per heavy atom. The van der Waals surface area contributed by atoms with Gasteiger partial charge in [-0.3, -0.25) is 14.4 Å². The Labute approximate surface area is 147 Å². The van der Waals surface area contributed by atoms with Crippen molar-refractivity contribution in [2.75, 3.05) is 13.1 Å². The van der Waals surface area contributed by atoms with Crippen molar-refractivity contribution >= 4 is 17.5 Å². The standard InChI is InChI=1S/C18H23ClN4O/c1-13-17(19)16(22(2)21-13)12-23-10-8-15(9-11-23)20-18(24)14-6-4-3-5-7-14/h3-7,15H,8-12H2,1-2H3,(H,20,24). The zero-order chi connectivity index (χ0) is 17.1. The number of aromatic nitrogens is 2. The minimum Gasteiger partial charge on any atom is -0.349 e. The maximum Gasteiger partial charge on any atom is 0.251 e. The molecule has 6 heteroatoms. The van der Waals surface area contributed by atoms with Crippen LogP contribution in [0.3, 0.4) is 0 Å². The number of halogens is 1. The molecule has 0 spiro atoms. The van der Waals surface area contributed by atoms with Gasteiger partial charge in [-0.2, -0.15) is 5.10 Å². The highest BCUT2D eigenvalue weighted by molar-refractivity contribution is 6.31. The Hall–Kier alpha value is -1.85. The van der Waals surface area contributed by atoms with Crippen LogP contribution in [0, 0.1) is 6.92 Å². The first-order valence-corrected chi connectivity index (χ1v) is 8.68. The summed E-state index contributed by atoms with van der Waals surface area (Å²) in [6, 6.07) is 9.61. The van der Waals surface area contributed by atoms with Crippen molar-refractivity contribution in [1.29, 1.82) is 0 Å². The van der Waals surface area contributed by atoms with Gasteiger partial charge >= 0.3 is 0 Å². The summed E-state index contributed by atoms with van der Waals surface area (Å²) in [5, 5.41) is 8.26. The summed E-state index contributed by atoms with van der Waals surface area (Å²) in [6.07, 6.45) is 1.90. The minimum absolute atomic E-state index is 0.0133. The molecule has 0 aliphatic carbocycles. The van der Waals surface area contributed by atoms with E-state index in [1.54, 1.807) is 0 Å². The number of likely N-dealkylation sites (tertiary alicyclic amines) is 1. The van der Waals surface area contributed by atoms with Crippen molar-refractivity contribution in [3.8, 4) is 0 Å². The third-order valence-corrected chi connectivity index (χ3v) is 5.09. The molecule has 1 saturated heterocycles. The zero-order valence-electron chi connectivity index (χ0n) is 14.1. The first-order valence-electron chi connectivity index (χ1n) is 8.31. The van der Waals surface area contributed by atoms with Crippen molar-refractivity contribution in [2.45, 2.75) is 32.4 Å². The van der Waals surface area contributed by atoms with Crippen LogP contribution in [0.5, 0.6) is 0 Å². The topological polar surface area (TPSA) is 50.2 Å². The number of hydrogen-bond acceptors (Lipinski definition) is 3. The maximum absolute atomic E-state index is 12.2. The molecule has 0 radical (unpaired) electrons. The van der Waals surface area contributed by atoms with E-state index in [0.29, 0.717) is 0 Å². The summed E-state index contributed by atoms with van der Waals surface area (Å²) in [7, 11) is 1.93. The molecular weight excluding hydrogens is 324 g/mol. The first kappa shape index (κ1) is 17.0. The molecule has 1 amide bonds. The molecule has 24 heavy (non-hydrogen) atoms. The van der Waals surface area contributed by atoms with Crippen LogP contribution in [0.1, 0.15) is 34.6 Å². The van der Waals surface area contributed by atoms with E-state index in [9.17, 15) is 4.79 Å². The normalized spacial score (nSPS) is 16.3. The van der Waals surface area contributed by atoms with Gasteiger partial charge in [0.15, 0.2) is 0 Å². The second-order valence-corrected chi connectivity index (χ2v) is 6.74. The van der Waals surface area contributed by atoms with Crippen LogP contribution in [0.15, 0.2) is 30.3 Å². The van der Waals surface area contributed by atoms with E-state index in [1.807, 2.05) is 49.0 Å². The van der Waals surface area contributed by atoms with Gasteiger partial charge in [0.05, 0.1) is 16.4 Å². The van der Waals surface area contributed by atoms with Gasteiger partial charge in [-0.05, 0) is 31.9 Å². The average molecular weight is 347 g/mol. The fourth-order valence-electron chi connectivity index (χ4n) is 3.16. The molecule has 3 rings (SSSR count). The number of hydrogen-bond donors (Lipinski definition) is 1. The Morgan fingerprint density at radius 3 is 2.54 bits per heavy atom. The van der Waals surface area contributed by atoms with E-state index in [4.69, 9.17) is 11.6 Å². The lowest BCUT2D eigenvalue weighted by Crippen LogP contribution is -2.44. The predicted molar refractivity (Wildman–Crippen MR) is 95.2 cm³/mol. The molecule has 1 aromatic heterocycles. The molecule has 1 fully saturated rings. The highest BCUT2D eigenvalue weighted by Crippen LogP contribution is 2.22. The number of amides is 1. The van der Waals surface area contributed by atoms with E-state index in [2.05, 4.69) is 15.3 Å². The van der Waals surface area contributed by atoms with Crippen molar-refractivity contribution in [2.24, 2.45) is 7.05 Å². The van der Waals surface area contributed by atoms with E-state index in [1.165, 1.54) is 0 Å². The lowest BCUT2D eigenvalue weighted by atomic mass is 10.0. The second kappa shape index (κ2) is 7.36. The molecule has 128 valence electrons. The SMILES string of the molecule is Cc1nn(C)c(CN2CCC(NC(=O)c3ccccc3)CC2)c1Cl. The Bertz CT molecular complexity index is 705. The highest BCUT2D eigenvalue weighted by atomic mass is 35.5. The van der Waals surface area contributed by atoms with Gasteiger partial charge in [0.1, 0.15) is 0 Å². The smallest absolute Gasteiger partial charge is 0.251 e. The van der Waals surface area contributed by atoms with Gasteiger partial charge < -0.3 is 5.32 Å². The fourth-order valence-corrected chi connectivity index (χ4v) is 3.38. The number of benzene rings is 1. The van der Waals surface area contributed by atoms with Crippen LogP contribution < -0.4 is 5.32 Å². The summed E-state index contributed by atoms with van der Waals surface area (Å²) in [6.45, 7) is 4.62. The van der Waals surface area contributed by atoms with Gasteiger partial charge in [0.2, 0.25) is 0 Å². The van der Waals surface area contributed by atoms with E-state index in [-0.39, 0.29) is 11.9 Å². The molecule has 1 aromatic carbocycles. The van der Waals surface area contributed by atoms with Crippen molar-refractivity contribution < 1.29 is 4.79 Å². The van der Waals surface area contributed by atoms with Crippen molar-refractivity contribution in [1.82, 2.24) is 20.0 Å². The monoisotopic (exact) mass is 346 g/mol. The Balaban J connectivity index is 1.52. The summed E-state index contributed by atoms with van der Waals surface area (Å²) in [5.41, 5.74) is 2.65. The number of nitrogens with one attached hydrogen (secondary N) is 1. The molecule has 1 N–H and O–H groups in total. The van der Waals surface area contributed by atoms with Crippen LogP contribution >= 0.6 is 11.6 Å². The summed E-state index contributed by atoms with van der Waals surface area (Å²) < 4.78 is 1.86. The van der Waals surface area contributed by atoms with Crippen molar-refractivity contribution in [3.05, 3.63) is 52.3 Å².